The molecule has 1 aromatic carbocycles. The van der Waals surface area contributed by atoms with E-state index in [1.54, 1.807) is 25.3 Å². The summed E-state index contributed by atoms with van der Waals surface area (Å²) in [6.45, 7) is 1.71. The molecule has 3 aromatic rings. The number of hydrogen-bond donors (Lipinski definition) is 1. The van der Waals surface area contributed by atoms with E-state index in [1.165, 1.54) is 12.8 Å². The van der Waals surface area contributed by atoms with Crippen molar-refractivity contribution in [3.63, 3.8) is 0 Å². The second-order valence-electron chi connectivity index (χ2n) is 6.97. The summed E-state index contributed by atoms with van der Waals surface area (Å²) in [5.41, 5.74) is 2.22. The Labute approximate surface area is 155 Å². The van der Waals surface area contributed by atoms with Crippen LogP contribution in [0.5, 0.6) is 5.75 Å². The van der Waals surface area contributed by atoms with Gasteiger partial charge in [0.2, 0.25) is 5.89 Å². The first-order valence-corrected chi connectivity index (χ1v) is 9.18. The average Bonchev–Trinajstić information content (AvgIpc) is 3.41. The molecule has 27 heavy (non-hydrogen) atoms. The van der Waals surface area contributed by atoms with Crippen LogP contribution in [0.2, 0.25) is 0 Å². The minimum atomic E-state index is -0.535. The number of fused-ring (bicyclic) bond motifs is 1. The van der Waals surface area contributed by atoms with Crippen LogP contribution in [0.15, 0.2) is 34.9 Å². The average molecular weight is 365 g/mol. The maximum absolute atomic E-state index is 11.7. The third-order valence-corrected chi connectivity index (χ3v) is 5.14. The van der Waals surface area contributed by atoms with Gasteiger partial charge in [0.15, 0.2) is 6.10 Å². The largest absolute Gasteiger partial charge is 0.479 e. The number of ether oxygens (including phenoxy) is 1. The number of aromatic nitrogens is 4. The number of nitrogens with one attached hydrogen (secondary N) is 1. The van der Waals surface area contributed by atoms with E-state index in [0.29, 0.717) is 29.3 Å². The van der Waals surface area contributed by atoms with Gasteiger partial charge in [-0.05, 0) is 44.0 Å². The number of anilines is 1. The van der Waals surface area contributed by atoms with Gasteiger partial charge in [-0.2, -0.15) is 5.10 Å². The Balaban J connectivity index is 1.46. The van der Waals surface area contributed by atoms with Crippen molar-refractivity contribution in [2.24, 2.45) is 0 Å². The lowest BCUT2D eigenvalue weighted by molar-refractivity contribution is -0.122. The smallest absolute Gasteiger partial charge is 0.266 e. The van der Waals surface area contributed by atoms with Gasteiger partial charge in [-0.1, -0.05) is 12.8 Å². The van der Waals surface area contributed by atoms with E-state index in [9.17, 15) is 4.79 Å². The molecule has 8 heteroatoms. The van der Waals surface area contributed by atoms with Crippen LogP contribution in [0.3, 0.4) is 0 Å². The second-order valence-corrected chi connectivity index (χ2v) is 6.97. The molecule has 0 saturated heterocycles. The molecule has 0 radical (unpaired) electrons. The van der Waals surface area contributed by atoms with Crippen molar-refractivity contribution in [2.75, 3.05) is 5.32 Å². The quantitative estimate of drug-likeness (QED) is 0.764. The highest BCUT2D eigenvalue weighted by Gasteiger charge is 2.25. The van der Waals surface area contributed by atoms with Crippen LogP contribution in [0.25, 0.3) is 23.0 Å². The molecule has 1 aliphatic heterocycles. The lowest BCUT2D eigenvalue weighted by atomic mass is 10.1. The predicted octanol–water partition coefficient (Wildman–Crippen LogP) is 3.43. The summed E-state index contributed by atoms with van der Waals surface area (Å²) in [6.07, 6.45) is 5.94. The number of rotatable bonds is 3. The zero-order valence-corrected chi connectivity index (χ0v) is 14.9. The summed E-state index contributed by atoms with van der Waals surface area (Å²) in [5, 5.41) is 15.7. The molecule has 1 fully saturated rings. The first kappa shape index (κ1) is 16.0. The molecule has 1 saturated carbocycles. The molecule has 2 aliphatic rings. The van der Waals surface area contributed by atoms with Crippen LogP contribution in [0.4, 0.5) is 5.69 Å². The lowest BCUT2D eigenvalue weighted by Gasteiger charge is -2.23. The second kappa shape index (κ2) is 6.22. The normalized spacial score (nSPS) is 19.6. The minimum Gasteiger partial charge on any atom is -0.479 e. The van der Waals surface area contributed by atoms with Gasteiger partial charge >= 0.3 is 0 Å². The molecule has 138 valence electrons. The van der Waals surface area contributed by atoms with Crippen LogP contribution in [-0.2, 0) is 4.79 Å². The molecule has 8 nitrogen and oxygen atoms in total. The monoisotopic (exact) mass is 365 g/mol. The van der Waals surface area contributed by atoms with Crippen molar-refractivity contribution in [3.05, 3.63) is 30.5 Å². The van der Waals surface area contributed by atoms with Crippen LogP contribution >= 0.6 is 0 Å². The molecule has 1 N–H and O–H groups in total. The van der Waals surface area contributed by atoms with Gasteiger partial charge in [0.05, 0.1) is 11.7 Å². The maximum Gasteiger partial charge on any atom is 0.266 e. The summed E-state index contributed by atoms with van der Waals surface area (Å²) in [5.74, 6) is 1.29. The van der Waals surface area contributed by atoms with Crippen LogP contribution < -0.4 is 10.1 Å². The molecular weight excluding hydrogens is 346 g/mol. The highest BCUT2D eigenvalue weighted by atomic mass is 16.5. The van der Waals surface area contributed by atoms with Crippen molar-refractivity contribution in [1.82, 2.24) is 20.0 Å². The third-order valence-electron chi connectivity index (χ3n) is 5.14. The van der Waals surface area contributed by atoms with E-state index in [2.05, 4.69) is 20.6 Å². The predicted molar refractivity (Wildman–Crippen MR) is 97.2 cm³/mol. The van der Waals surface area contributed by atoms with Crippen molar-refractivity contribution < 1.29 is 13.9 Å². The highest BCUT2D eigenvalue weighted by Crippen LogP contribution is 2.36. The fourth-order valence-corrected chi connectivity index (χ4v) is 3.70. The summed E-state index contributed by atoms with van der Waals surface area (Å²) in [4.78, 5) is 11.7. The highest BCUT2D eigenvalue weighted by molar-refractivity contribution is 5.97. The Hall–Kier alpha value is -3.16. The Bertz CT molecular complexity index is 1000. The van der Waals surface area contributed by atoms with Crippen LogP contribution in [0.1, 0.15) is 38.6 Å². The van der Waals surface area contributed by atoms with Gasteiger partial charge in [0.1, 0.15) is 11.4 Å². The number of carbonyl (C=O) groups is 1. The van der Waals surface area contributed by atoms with Gasteiger partial charge in [-0.25, -0.2) is 0 Å². The fourth-order valence-electron chi connectivity index (χ4n) is 3.70. The summed E-state index contributed by atoms with van der Waals surface area (Å²) in [6, 6.07) is 7.71. The Morgan fingerprint density at radius 2 is 1.96 bits per heavy atom. The van der Waals surface area contributed by atoms with Gasteiger partial charge in [0.25, 0.3) is 11.8 Å². The summed E-state index contributed by atoms with van der Waals surface area (Å²) < 4.78 is 13.6. The Kier molecular flexibility index (Phi) is 3.70. The molecule has 0 bridgehead atoms. The van der Waals surface area contributed by atoms with Gasteiger partial charge in [0, 0.05) is 11.8 Å². The first-order chi connectivity index (χ1) is 13.2. The molecule has 0 spiro atoms. The van der Waals surface area contributed by atoms with E-state index in [-0.39, 0.29) is 5.91 Å². The number of nitrogens with zero attached hydrogens (tertiary/aromatic N) is 4. The van der Waals surface area contributed by atoms with Crippen molar-refractivity contribution in [1.29, 1.82) is 0 Å². The summed E-state index contributed by atoms with van der Waals surface area (Å²) in [7, 11) is 0. The molecule has 3 heterocycles. The Morgan fingerprint density at radius 3 is 2.81 bits per heavy atom. The molecule has 5 rings (SSSR count). The van der Waals surface area contributed by atoms with E-state index < -0.39 is 6.10 Å². The van der Waals surface area contributed by atoms with Crippen molar-refractivity contribution in [2.45, 2.75) is 44.8 Å². The van der Waals surface area contributed by atoms with E-state index in [1.807, 2.05) is 16.8 Å². The van der Waals surface area contributed by atoms with Gasteiger partial charge < -0.3 is 14.5 Å². The summed E-state index contributed by atoms with van der Waals surface area (Å²) >= 11 is 0. The maximum atomic E-state index is 11.7. The Morgan fingerprint density at radius 1 is 1.15 bits per heavy atom. The fraction of sp³-hybridized carbons (Fsp3) is 0.368. The van der Waals surface area contributed by atoms with Crippen molar-refractivity contribution in [3.8, 4) is 28.8 Å². The molecule has 1 aliphatic carbocycles. The lowest BCUT2D eigenvalue weighted by Crippen LogP contribution is -2.34. The SMILES string of the molecule is CC1Oc2cc(-c3nnc(-c4ccnn4C4CCCC4)o3)ccc2NC1=O. The zero-order chi connectivity index (χ0) is 18.4. The van der Waals surface area contributed by atoms with E-state index in [4.69, 9.17) is 9.15 Å². The standard InChI is InChI=1S/C19H19N5O3/c1-11-17(25)21-14-7-6-12(10-16(14)26-11)18-22-23-19(27-18)15-8-9-20-24(15)13-4-2-3-5-13/h6-11,13H,2-5H2,1H3,(H,21,25). The molecule has 1 amide bonds. The minimum absolute atomic E-state index is 0.157. The first-order valence-electron chi connectivity index (χ1n) is 9.18. The number of hydrogen-bond acceptors (Lipinski definition) is 6. The molecule has 1 unspecified atom stereocenters. The molecule has 2 aromatic heterocycles. The van der Waals surface area contributed by atoms with E-state index in [0.717, 1.165) is 24.1 Å². The van der Waals surface area contributed by atoms with Crippen LogP contribution in [-0.4, -0.2) is 32.0 Å². The topological polar surface area (TPSA) is 95.1 Å². The zero-order valence-electron chi connectivity index (χ0n) is 14.9. The molecule has 1 atom stereocenters. The van der Waals surface area contributed by atoms with Gasteiger partial charge in [-0.3, -0.25) is 9.48 Å². The number of carbonyl (C=O) groups excluding carboxylic acids is 1. The third kappa shape index (κ3) is 2.77. The van der Waals surface area contributed by atoms with Crippen LogP contribution in [0, 0.1) is 0 Å². The molecular formula is C19H19N5O3. The number of amides is 1. The van der Waals surface area contributed by atoms with Crippen molar-refractivity contribution >= 4 is 11.6 Å². The number of benzene rings is 1. The van der Waals surface area contributed by atoms with Gasteiger partial charge in [-0.15, -0.1) is 10.2 Å². The van der Waals surface area contributed by atoms with E-state index >= 15 is 0 Å².